The maximum Gasteiger partial charge on any atom is 0.244 e. The minimum absolute atomic E-state index is 0.158. The Balaban J connectivity index is 1.87. The van der Waals surface area contributed by atoms with Crippen molar-refractivity contribution in [1.29, 1.82) is 0 Å². The predicted octanol–water partition coefficient (Wildman–Crippen LogP) is 2.38. The van der Waals surface area contributed by atoms with Crippen LogP contribution in [0.2, 0.25) is 0 Å². The number of rotatable bonds is 5. The van der Waals surface area contributed by atoms with Gasteiger partial charge in [-0.1, -0.05) is 0 Å². The highest BCUT2D eigenvalue weighted by atomic mass is 32.1. The fraction of sp³-hybridized carbons (Fsp3) is 0.214. The molecule has 4 nitrogen and oxygen atoms in total. The van der Waals surface area contributed by atoms with E-state index in [-0.39, 0.29) is 12.5 Å². The lowest BCUT2D eigenvalue weighted by atomic mass is 9.99. The molecule has 1 atom stereocenters. The van der Waals surface area contributed by atoms with Crippen LogP contribution in [-0.2, 0) is 10.4 Å². The number of hydrogen-bond acceptors (Lipinski definition) is 4. The van der Waals surface area contributed by atoms with Crippen molar-refractivity contribution in [3.63, 3.8) is 0 Å². The third-order valence-electron chi connectivity index (χ3n) is 2.69. The first-order valence-electron chi connectivity index (χ1n) is 5.82. The van der Waals surface area contributed by atoms with Gasteiger partial charge in [-0.05, 0) is 47.5 Å². The van der Waals surface area contributed by atoms with Crippen LogP contribution in [0.4, 0.5) is 0 Å². The summed E-state index contributed by atoms with van der Waals surface area (Å²) in [6.45, 7) is 1.83. The first-order valence-corrected chi connectivity index (χ1v) is 6.77. The highest BCUT2D eigenvalue weighted by Crippen LogP contribution is 2.21. The zero-order chi connectivity index (χ0) is 13.7. The third-order valence-corrected chi connectivity index (χ3v) is 3.38. The summed E-state index contributed by atoms with van der Waals surface area (Å²) in [7, 11) is 0. The maximum atomic E-state index is 11.6. The van der Waals surface area contributed by atoms with Crippen LogP contribution < -0.4 is 5.32 Å². The van der Waals surface area contributed by atoms with E-state index < -0.39 is 5.60 Å². The fourth-order valence-electron chi connectivity index (χ4n) is 1.54. The summed E-state index contributed by atoms with van der Waals surface area (Å²) in [5.41, 5.74) is -0.262. The number of aliphatic hydroxyl groups is 1. The number of carbonyl (C=O) groups is 1. The van der Waals surface area contributed by atoms with E-state index in [0.717, 1.165) is 5.56 Å². The van der Waals surface area contributed by atoms with E-state index >= 15 is 0 Å². The van der Waals surface area contributed by atoms with Gasteiger partial charge in [-0.15, -0.1) is 0 Å². The normalized spacial score (nSPS) is 14.4. The number of nitrogens with one attached hydrogen (secondary N) is 1. The van der Waals surface area contributed by atoms with Gasteiger partial charge in [0.1, 0.15) is 11.4 Å². The van der Waals surface area contributed by atoms with Crippen molar-refractivity contribution in [3.05, 3.63) is 52.6 Å². The molecule has 0 radical (unpaired) electrons. The highest BCUT2D eigenvalue weighted by Gasteiger charge is 2.23. The zero-order valence-corrected chi connectivity index (χ0v) is 11.3. The summed E-state index contributed by atoms with van der Waals surface area (Å²) >= 11 is 1.51. The van der Waals surface area contributed by atoms with Gasteiger partial charge < -0.3 is 14.8 Å². The van der Waals surface area contributed by atoms with Crippen LogP contribution in [0.1, 0.15) is 18.2 Å². The van der Waals surface area contributed by atoms with Gasteiger partial charge in [-0.25, -0.2) is 0 Å². The van der Waals surface area contributed by atoms with Crippen LogP contribution in [0.15, 0.2) is 45.7 Å². The smallest absolute Gasteiger partial charge is 0.244 e. The van der Waals surface area contributed by atoms with Crippen LogP contribution in [0, 0.1) is 0 Å². The van der Waals surface area contributed by atoms with Gasteiger partial charge in [0, 0.05) is 6.08 Å². The Kier molecular flexibility index (Phi) is 4.19. The largest absolute Gasteiger partial charge is 0.465 e. The van der Waals surface area contributed by atoms with Crippen LogP contribution in [0.5, 0.6) is 0 Å². The number of amides is 1. The van der Waals surface area contributed by atoms with E-state index in [1.807, 2.05) is 16.8 Å². The second kappa shape index (κ2) is 5.86. The lowest BCUT2D eigenvalue weighted by Crippen LogP contribution is -2.37. The van der Waals surface area contributed by atoms with Gasteiger partial charge in [0.2, 0.25) is 5.91 Å². The molecule has 2 aromatic heterocycles. The van der Waals surface area contributed by atoms with Gasteiger partial charge in [0.05, 0.1) is 12.8 Å². The van der Waals surface area contributed by atoms with E-state index in [1.165, 1.54) is 17.4 Å². The SMILES string of the molecule is CC(O)(CNC(=O)/C=C/c1ccco1)c1ccsc1. The van der Waals surface area contributed by atoms with Crippen molar-refractivity contribution < 1.29 is 14.3 Å². The lowest BCUT2D eigenvalue weighted by Gasteiger charge is -2.22. The molecule has 0 aliphatic rings. The van der Waals surface area contributed by atoms with Crippen LogP contribution in [-0.4, -0.2) is 17.6 Å². The maximum absolute atomic E-state index is 11.6. The zero-order valence-electron chi connectivity index (χ0n) is 10.5. The molecule has 2 aromatic rings. The Labute approximate surface area is 115 Å². The molecule has 0 saturated heterocycles. The van der Waals surface area contributed by atoms with E-state index in [0.29, 0.717) is 5.76 Å². The minimum atomic E-state index is -1.06. The lowest BCUT2D eigenvalue weighted by molar-refractivity contribution is -0.117. The average molecular weight is 277 g/mol. The van der Waals surface area contributed by atoms with E-state index in [4.69, 9.17) is 4.42 Å². The molecule has 2 heterocycles. The Bertz CT molecular complexity index is 541. The third kappa shape index (κ3) is 3.81. The van der Waals surface area contributed by atoms with Gasteiger partial charge in [0.25, 0.3) is 0 Å². The molecule has 0 bridgehead atoms. The molecule has 0 spiro atoms. The molecular weight excluding hydrogens is 262 g/mol. The number of carbonyl (C=O) groups excluding carboxylic acids is 1. The summed E-state index contributed by atoms with van der Waals surface area (Å²) in [5, 5.41) is 16.6. The summed E-state index contributed by atoms with van der Waals surface area (Å²) in [4.78, 5) is 11.6. The number of thiophene rings is 1. The van der Waals surface area contributed by atoms with E-state index in [9.17, 15) is 9.90 Å². The van der Waals surface area contributed by atoms with Gasteiger partial charge >= 0.3 is 0 Å². The first kappa shape index (κ1) is 13.6. The Hall–Kier alpha value is -1.85. The Morgan fingerprint density at radius 2 is 2.42 bits per heavy atom. The van der Waals surface area contributed by atoms with Crippen LogP contribution in [0.25, 0.3) is 6.08 Å². The second-order valence-electron chi connectivity index (χ2n) is 4.35. The standard InChI is InChI=1S/C14H15NO3S/c1-14(17,11-6-8-19-9-11)10-15-13(16)5-4-12-3-2-7-18-12/h2-9,17H,10H2,1H3,(H,15,16)/b5-4+. The van der Waals surface area contributed by atoms with Crippen molar-refractivity contribution in [3.8, 4) is 0 Å². The van der Waals surface area contributed by atoms with Crippen LogP contribution in [0.3, 0.4) is 0 Å². The molecule has 100 valence electrons. The van der Waals surface area contributed by atoms with E-state index in [2.05, 4.69) is 5.32 Å². The van der Waals surface area contributed by atoms with Crippen molar-refractivity contribution in [2.75, 3.05) is 6.54 Å². The molecule has 19 heavy (non-hydrogen) atoms. The molecule has 0 saturated carbocycles. The summed E-state index contributed by atoms with van der Waals surface area (Å²) in [6, 6.07) is 5.35. The van der Waals surface area contributed by atoms with E-state index in [1.54, 1.807) is 31.4 Å². The molecule has 0 aliphatic carbocycles. The topological polar surface area (TPSA) is 62.5 Å². The van der Waals surface area contributed by atoms with Gasteiger partial charge in [0.15, 0.2) is 0 Å². The summed E-state index contributed by atoms with van der Waals surface area (Å²) in [6.07, 6.45) is 4.50. The predicted molar refractivity (Wildman–Crippen MR) is 74.6 cm³/mol. The summed E-state index contributed by atoms with van der Waals surface area (Å²) < 4.78 is 5.07. The molecule has 2 rings (SSSR count). The molecular formula is C14H15NO3S. The molecule has 1 amide bonds. The molecule has 0 aromatic carbocycles. The Morgan fingerprint density at radius 1 is 1.58 bits per heavy atom. The van der Waals surface area contributed by atoms with Crippen LogP contribution >= 0.6 is 11.3 Å². The molecule has 0 aliphatic heterocycles. The van der Waals surface area contributed by atoms with Gasteiger partial charge in [-0.2, -0.15) is 11.3 Å². The monoisotopic (exact) mass is 277 g/mol. The fourth-order valence-corrected chi connectivity index (χ4v) is 2.32. The highest BCUT2D eigenvalue weighted by molar-refractivity contribution is 7.08. The summed E-state index contributed by atoms with van der Waals surface area (Å²) in [5.74, 6) is 0.339. The molecule has 2 N–H and O–H groups in total. The first-order chi connectivity index (χ1) is 9.08. The number of furan rings is 1. The number of hydrogen-bond donors (Lipinski definition) is 2. The Morgan fingerprint density at radius 3 is 3.05 bits per heavy atom. The molecule has 0 fully saturated rings. The second-order valence-corrected chi connectivity index (χ2v) is 5.13. The van der Waals surface area contributed by atoms with Crippen molar-refractivity contribution in [2.24, 2.45) is 0 Å². The molecule has 5 heteroatoms. The van der Waals surface area contributed by atoms with Crippen molar-refractivity contribution >= 4 is 23.3 Å². The average Bonchev–Trinajstić information content (AvgIpc) is 3.06. The quantitative estimate of drug-likeness (QED) is 0.825. The molecule has 1 unspecified atom stereocenters. The minimum Gasteiger partial charge on any atom is -0.465 e. The van der Waals surface area contributed by atoms with Crippen molar-refractivity contribution in [2.45, 2.75) is 12.5 Å². The van der Waals surface area contributed by atoms with Gasteiger partial charge in [-0.3, -0.25) is 4.79 Å². The van der Waals surface area contributed by atoms with Crippen molar-refractivity contribution in [1.82, 2.24) is 5.32 Å².